The number of nitrogens with two attached hydrogens (primary N) is 1. The van der Waals surface area contributed by atoms with Crippen LogP contribution in [-0.4, -0.2) is 26.7 Å². The van der Waals surface area contributed by atoms with Crippen molar-refractivity contribution >= 4 is 5.97 Å². The third kappa shape index (κ3) is 4.55. The smallest absolute Gasteiger partial charge is 0.320 e. The van der Waals surface area contributed by atoms with Crippen LogP contribution in [0.25, 0.3) is 0 Å². The molecule has 3 N–H and O–H groups in total. The van der Waals surface area contributed by atoms with Crippen molar-refractivity contribution in [1.82, 2.24) is 9.55 Å². The van der Waals surface area contributed by atoms with E-state index in [4.69, 9.17) is 10.8 Å². The van der Waals surface area contributed by atoms with Crippen molar-refractivity contribution < 1.29 is 9.90 Å². The molecule has 3 aromatic rings. The molecule has 0 saturated heterocycles. The minimum Gasteiger partial charge on any atom is -0.480 e. The zero-order valence-corrected chi connectivity index (χ0v) is 13.9. The number of aromatic nitrogens is 2. The highest BCUT2D eigenvalue weighted by Gasteiger charge is 2.16. The van der Waals surface area contributed by atoms with Crippen LogP contribution in [-0.2, 0) is 24.2 Å². The van der Waals surface area contributed by atoms with Gasteiger partial charge in [-0.3, -0.25) is 4.79 Å². The van der Waals surface area contributed by atoms with Gasteiger partial charge in [-0.1, -0.05) is 60.7 Å². The molecule has 0 radical (unpaired) electrons. The Hall–Kier alpha value is -2.92. The molecule has 0 bridgehead atoms. The van der Waals surface area contributed by atoms with E-state index in [1.165, 1.54) is 5.56 Å². The first kappa shape index (κ1) is 16.9. The lowest BCUT2D eigenvalue weighted by molar-refractivity contribution is -0.138. The molecule has 2 aromatic carbocycles. The lowest BCUT2D eigenvalue weighted by Gasteiger charge is -2.08. The van der Waals surface area contributed by atoms with Crippen LogP contribution in [0, 0.1) is 0 Å². The van der Waals surface area contributed by atoms with Gasteiger partial charge in [-0.2, -0.15) is 0 Å². The molecule has 1 heterocycles. The molecule has 3 rings (SSSR count). The number of aliphatic carboxylic acids is 1. The van der Waals surface area contributed by atoms with Crippen molar-refractivity contribution in [3.63, 3.8) is 0 Å². The first-order chi connectivity index (χ1) is 12.1. The average Bonchev–Trinajstić information content (AvgIpc) is 2.97. The summed E-state index contributed by atoms with van der Waals surface area (Å²) in [5.74, 6) is -0.107. The summed E-state index contributed by atoms with van der Waals surface area (Å²) in [7, 11) is 0. The fourth-order valence-electron chi connectivity index (χ4n) is 2.76. The molecule has 5 nitrogen and oxygen atoms in total. The standard InChI is InChI=1S/C20H21N3O2/c21-18(20(24)25)12-17-14-23(13-16-9-5-2-6-10-16)19(22-17)11-15-7-3-1-4-8-15/h1-10,14,18H,11-13,21H2,(H,24,25). The second-order valence-corrected chi connectivity index (χ2v) is 6.07. The van der Waals surface area contributed by atoms with Crippen molar-refractivity contribution in [3.8, 4) is 0 Å². The number of rotatable bonds is 7. The summed E-state index contributed by atoms with van der Waals surface area (Å²) in [4.78, 5) is 15.7. The molecule has 128 valence electrons. The summed E-state index contributed by atoms with van der Waals surface area (Å²) in [5, 5.41) is 9.03. The molecule has 0 fully saturated rings. The van der Waals surface area contributed by atoms with Crippen LogP contribution in [0.3, 0.4) is 0 Å². The maximum absolute atomic E-state index is 11.0. The molecule has 1 unspecified atom stereocenters. The van der Waals surface area contributed by atoms with E-state index >= 15 is 0 Å². The minimum absolute atomic E-state index is 0.221. The van der Waals surface area contributed by atoms with E-state index in [0.717, 1.165) is 11.4 Å². The van der Waals surface area contributed by atoms with Crippen LogP contribution in [0.5, 0.6) is 0 Å². The molecule has 1 aromatic heterocycles. The van der Waals surface area contributed by atoms with Crippen molar-refractivity contribution in [2.24, 2.45) is 5.73 Å². The Morgan fingerprint density at radius 1 is 1.04 bits per heavy atom. The number of carboxylic acids is 1. The largest absolute Gasteiger partial charge is 0.480 e. The van der Waals surface area contributed by atoms with Crippen LogP contribution < -0.4 is 5.73 Å². The quantitative estimate of drug-likeness (QED) is 0.695. The fraction of sp³-hybridized carbons (Fsp3) is 0.200. The number of nitrogens with zero attached hydrogens (tertiary/aromatic N) is 2. The predicted octanol–water partition coefficient (Wildman–Crippen LogP) is 2.48. The number of carboxylic acid groups (broad SMARTS) is 1. The maximum atomic E-state index is 11.0. The molecular formula is C20H21N3O2. The topological polar surface area (TPSA) is 81.1 Å². The van der Waals surface area contributed by atoms with Crippen LogP contribution in [0.1, 0.15) is 22.6 Å². The summed E-state index contributed by atoms with van der Waals surface area (Å²) in [5.41, 5.74) is 8.70. The number of carbonyl (C=O) groups is 1. The van der Waals surface area contributed by atoms with Gasteiger partial charge < -0.3 is 15.4 Å². The Bertz CT molecular complexity index is 770. The highest BCUT2D eigenvalue weighted by atomic mass is 16.4. The van der Waals surface area contributed by atoms with Gasteiger partial charge in [-0.05, 0) is 11.1 Å². The van der Waals surface area contributed by atoms with Gasteiger partial charge in [-0.25, -0.2) is 4.98 Å². The van der Waals surface area contributed by atoms with Gasteiger partial charge >= 0.3 is 5.97 Å². The second-order valence-electron chi connectivity index (χ2n) is 6.07. The average molecular weight is 335 g/mol. The Morgan fingerprint density at radius 3 is 2.24 bits per heavy atom. The van der Waals surface area contributed by atoms with Crippen molar-refractivity contribution in [3.05, 3.63) is 89.5 Å². The van der Waals surface area contributed by atoms with Crippen molar-refractivity contribution in [2.75, 3.05) is 0 Å². The van der Waals surface area contributed by atoms with Gasteiger partial charge in [0.1, 0.15) is 11.9 Å². The fourth-order valence-corrected chi connectivity index (χ4v) is 2.76. The number of imidazole rings is 1. The Kier molecular flexibility index (Phi) is 5.26. The number of hydrogen-bond acceptors (Lipinski definition) is 3. The third-order valence-corrected chi connectivity index (χ3v) is 4.06. The lowest BCUT2D eigenvalue weighted by Crippen LogP contribution is -2.32. The summed E-state index contributed by atoms with van der Waals surface area (Å²) < 4.78 is 2.08. The molecule has 1 atom stereocenters. The second kappa shape index (κ2) is 7.77. The molecule has 0 amide bonds. The maximum Gasteiger partial charge on any atom is 0.320 e. The number of benzene rings is 2. The van der Waals surface area contributed by atoms with Gasteiger partial charge in [0, 0.05) is 25.6 Å². The SMILES string of the molecule is NC(Cc1cn(Cc2ccccc2)c(Cc2ccccc2)n1)C(=O)O. The highest BCUT2D eigenvalue weighted by molar-refractivity contribution is 5.73. The molecule has 0 spiro atoms. The Labute approximate surface area is 146 Å². The molecule has 0 aliphatic rings. The summed E-state index contributed by atoms with van der Waals surface area (Å²) in [6.07, 6.45) is 2.82. The van der Waals surface area contributed by atoms with E-state index in [-0.39, 0.29) is 6.42 Å². The van der Waals surface area contributed by atoms with Crippen molar-refractivity contribution in [2.45, 2.75) is 25.4 Å². The lowest BCUT2D eigenvalue weighted by atomic mass is 10.1. The molecule has 0 aliphatic heterocycles. The van der Waals surface area contributed by atoms with Crippen molar-refractivity contribution in [1.29, 1.82) is 0 Å². The normalized spacial score (nSPS) is 12.0. The van der Waals surface area contributed by atoms with Crippen LogP contribution in [0.2, 0.25) is 0 Å². The van der Waals surface area contributed by atoms with Gasteiger partial charge in [-0.15, -0.1) is 0 Å². The van der Waals surface area contributed by atoms with E-state index in [1.54, 1.807) is 0 Å². The van der Waals surface area contributed by atoms with Crippen LogP contribution >= 0.6 is 0 Å². The Balaban J connectivity index is 1.87. The van der Waals surface area contributed by atoms with Crippen LogP contribution in [0.15, 0.2) is 66.9 Å². The molecule has 25 heavy (non-hydrogen) atoms. The monoisotopic (exact) mass is 335 g/mol. The molecule has 0 saturated carbocycles. The highest BCUT2D eigenvalue weighted by Crippen LogP contribution is 2.14. The van der Waals surface area contributed by atoms with E-state index in [1.807, 2.05) is 42.6 Å². The van der Waals surface area contributed by atoms with Gasteiger partial charge in [0.05, 0.1) is 5.69 Å². The predicted molar refractivity (Wildman–Crippen MR) is 96.3 cm³/mol. The van der Waals surface area contributed by atoms with Gasteiger partial charge in [0.25, 0.3) is 0 Å². The zero-order chi connectivity index (χ0) is 17.6. The molecule has 5 heteroatoms. The van der Waals surface area contributed by atoms with Gasteiger partial charge in [0.2, 0.25) is 0 Å². The zero-order valence-electron chi connectivity index (χ0n) is 13.9. The van der Waals surface area contributed by atoms with E-state index < -0.39 is 12.0 Å². The summed E-state index contributed by atoms with van der Waals surface area (Å²) in [6, 6.07) is 19.3. The van der Waals surface area contributed by atoms with E-state index in [9.17, 15) is 4.79 Å². The van der Waals surface area contributed by atoms with Gasteiger partial charge in [0.15, 0.2) is 0 Å². The first-order valence-electron chi connectivity index (χ1n) is 8.23. The van der Waals surface area contributed by atoms with E-state index in [2.05, 4.69) is 33.8 Å². The Morgan fingerprint density at radius 2 is 1.64 bits per heavy atom. The first-order valence-corrected chi connectivity index (χ1v) is 8.23. The minimum atomic E-state index is -1.01. The van der Waals surface area contributed by atoms with Crippen LogP contribution in [0.4, 0.5) is 0 Å². The summed E-state index contributed by atoms with van der Waals surface area (Å²) >= 11 is 0. The molecular weight excluding hydrogens is 314 g/mol. The third-order valence-electron chi connectivity index (χ3n) is 4.06. The summed E-state index contributed by atoms with van der Waals surface area (Å²) in [6.45, 7) is 0.693. The van der Waals surface area contributed by atoms with E-state index in [0.29, 0.717) is 18.7 Å². The molecule has 0 aliphatic carbocycles. The number of hydrogen-bond donors (Lipinski definition) is 2.